The zero-order chi connectivity index (χ0) is 21.1. The number of hydrogen-bond acceptors (Lipinski definition) is 5. The number of benzene rings is 2. The first-order valence-electron chi connectivity index (χ1n) is 10.1. The van der Waals surface area contributed by atoms with Crippen molar-refractivity contribution in [2.24, 2.45) is 0 Å². The summed E-state index contributed by atoms with van der Waals surface area (Å²) in [5.74, 6) is 1.19. The molecule has 6 nitrogen and oxygen atoms in total. The Labute approximate surface area is 181 Å². The van der Waals surface area contributed by atoms with Crippen LogP contribution >= 0.6 is 11.8 Å². The third-order valence-electron chi connectivity index (χ3n) is 5.02. The molecule has 0 saturated carbocycles. The summed E-state index contributed by atoms with van der Waals surface area (Å²) in [6.07, 6.45) is 0.117. The number of nitrogens with zero attached hydrogens (tertiary/aromatic N) is 4. The molecule has 30 heavy (non-hydrogen) atoms. The highest BCUT2D eigenvalue weighted by atomic mass is 32.2. The number of thioether (sulfide) groups is 1. The fraction of sp³-hybridized carbons (Fsp3) is 0.348. The number of carbonyl (C=O) groups is 1. The number of ether oxygens (including phenoxy) is 1. The van der Waals surface area contributed by atoms with E-state index >= 15 is 0 Å². The lowest BCUT2D eigenvalue weighted by atomic mass is 10.2. The first-order chi connectivity index (χ1) is 14.5. The zero-order valence-corrected chi connectivity index (χ0v) is 18.3. The van der Waals surface area contributed by atoms with Gasteiger partial charge >= 0.3 is 0 Å². The Hall–Kier alpha value is -2.64. The second-order valence-electron chi connectivity index (χ2n) is 7.69. The van der Waals surface area contributed by atoms with Crippen molar-refractivity contribution in [1.29, 1.82) is 0 Å². The van der Waals surface area contributed by atoms with Crippen LogP contribution in [0, 0.1) is 6.92 Å². The molecule has 3 aromatic rings. The summed E-state index contributed by atoms with van der Waals surface area (Å²) in [5, 5.41) is 9.59. The maximum Gasteiger partial charge on any atom is 0.233 e. The summed E-state index contributed by atoms with van der Waals surface area (Å²) in [7, 11) is 0. The highest BCUT2D eigenvalue weighted by Crippen LogP contribution is 2.28. The highest BCUT2D eigenvalue weighted by Gasteiger charge is 2.26. The molecule has 2 unspecified atom stereocenters. The topological polar surface area (TPSA) is 60.2 Å². The van der Waals surface area contributed by atoms with Gasteiger partial charge in [0.1, 0.15) is 0 Å². The molecule has 2 aromatic carbocycles. The Kier molecular flexibility index (Phi) is 6.20. The minimum Gasteiger partial charge on any atom is -0.372 e. The molecule has 7 heteroatoms. The van der Waals surface area contributed by atoms with Crippen LogP contribution in [-0.2, 0) is 9.53 Å². The van der Waals surface area contributed by atoms with E-state index in [-0.39, 0.29) is 18.1 Å². The Balaban J connectivity index is 1.60. The predicted molar refractivity (Wildman–Crippen MR) is 119 cm³/mol. The molecule has 0 aliphatic carbocycles. The standard InChI is InChI=1S/C23H26N4O2S/c1-16-8-7-11-20(12-16)27-22(19-9-5-4-6-10-19)24-25-23(27)30-15-21(28)26-13-17(2)29-18(3)14-26/h4-12,17-18H,13-15H2,1-3H3. The summed E-state index contributed by atoms with van der Waals surface area (Å²) in [4.78, 5) is 14.7. The molecule has 4 rings (SSSR count). The molecule has 0 bridgehead atoms. The van der Waals surface area contributed by atoms with E-state index in [9.17, 15) is 4.79 Å². The van der Waals surface area contributed by atoms with Gasteiger partial charge in [-0.3, -0.25) is 9.36 Å². The first-order valence-corrected chi connectivity index (χ1v) is 11.1. The molecule has 0 N–H and O–H groups in total. The van der Waals surface area contributed by atoms with Crippen molar-refractivity contribution in [3.8, 4) is 17.1 Å². The summed E-state index contributed by atoms with van der Waals surface area (Å²) < 4.78 is 7.78. The number of aryl methyl sites for hydroxylation is 1. The van der Waals surface area contributed by atoms with E-state index in [4.69, 9.17) is 4.74 Å². The Morgan fingerprint density at radius 3 is 2.50 bits per heavy atom. The van der Waals surface area contributed by atoms with E-state index in [0.29, 0.717) is 24.0 Å². The fourth-order valence-corrected chi connectivity index (χ4v) is 4.59. The van der Waals surface area contributed by atoms with Crippen molar-refractivity contribution in [3.63, 3.8) is 0 Å². The van der Waals surface area contributed by atoms with Crippen LogP contribution in [0.2, 0.25) is 0 Å². The van der Waals surface area contributed by atoms with Crippen LogP contribution in [0.5, 0.6) is 0 Å². The van der Waals surface area contributed by atoms with Crippen molar-refractivity contribution >= 4 is 17.7 Å². The number of carbonyl (C=O) groups excluding carboxylic acids is 1. The van der Waals surface area contributed by atoms with Crippen molar-refractivity contribution in [1.82, 2.24) is 19.7 Å². The Bertz CT molecular complexity index is 1010. The summed E-state index contributed by atoms with van der Waals surface area (Å²) in [6.45, 7) is 7.33. The van der Waals surface area contributed by atoms with Gasteiger partial charge < -0.3 is 9.64 Å². The molecule has 1 aliphatic heterocycles. The van der Waals surface area contributed by atoms with Gasteiger partial charge in [0.15, 0.2) is 11.0 Å². The second kappa shape index (κ2) is 9.02. The van der Waals surface area contributed by atoms with Crippen molar-refractivity contribution < 1.29 is 9.53 Å². The highest BCUT2D eigenvalue weighted by molar-refractivity contribution is 7.99. The monoisotopic (exact) mass is 422 g/mol. The van der Waals surface area contributed by atoms with E-state index in [2.05, 4.69) is 29.3 Å². The van der Waals surface area contributed by atoms with Crippen LogP contribution < -0.4 is 0 Å². The van der Waals surface area contributed by atoms with Gasteiger partial charge in [-0.15, -0.1) is 10.2 Å². The molecule has 1 aliphatic rings. The number of rotatable bonds is 5. The molecule has 1 fully saturated rings. The number of amides is 1. The molecule has 156 valence electrons. The largest absolute Gasteiger partial charge is 0.372 e. The minimum absolute atomic E-state index is 0.0586. The van der Waals surface area contributed by atoms with Gasteiger partial charge in [0.25, 0.3) is 0 Å². The predicted octanol–water partition coefficient (Wildman–Crippen LogP) is 3.97. The SMILES string of the molecule is Cc1cccc(-n2c(SCC(=O)N3CC(C)OC(C)C3)nnc2-c2ccccc2)c1. The van der Waals surface area contributed by atoms with Crippen LogP contribution in [0.15, 0.2) is 59.8 Å². The number of aromatic nitrogens is 3. The third-order valence-corrected chi connectivity index (χ3v) is 5.94. The molecule has 0 radical (unpaired) electrons. The van der Waals surface area contributed by atoms with Crippen molar-refractivity contribution in [3.05, 3.63) is 60.2 Å². The molecule has 2 atom stereocenters. The lowest BCUT2D eigenvalue weighted by Crippen LogP contribution is -2.48. The van der Waals surface area contributed by atoms with E-state index in [1.54, 1.807) is 0 Å². The van der Waals surface area contributed by atoms with Gasteiger partial charge in [0.2, 0.25) is 5.91 Å². The second-order valence-corrected chi connectivity index (χ2v) is 8.63. The molecule has 1 saturated heterocycles. The molecular weight excluding hydrogens is 396 g/mol. The summed E-state index contributed by atoms with van der Waals surface area (Å²) in [5.41, 5.74) is 3.13. The molecule has 2 heterocycles. The third kappa shape index (κ3) is 4.57. The molecular formula is C23H26N4O2S. The van der Waals surface area contributed by atoms with Gasteiger partial charge in [0, 0.05) is 24.3 Å². The van der Waals surface area contributed by atoms with Crippen molar-refractivity contribution in [2.45, 2.75) is 38.1 Å². The average Bonchev–Trinajstić information content (AvgIpc) is 3.16. The lowest BCUT2D eigenvalue weighted by Gasteiger charge is -2.35. The van der Waals surface area contributed by atoms with Gasteiger partial charge in [-0.05, 0) is 38.5 Å². The van der Waals surface area contributed by atoms with E-state index in [0.717, 1.165) is 22.6 Å². The van der Waals surface area contributed by atoms with Gasteiger partial charge in [-0.25, -0.2) is 0 Å². The maximum absolute atomic E-state index is 12.8. The average molecular weight is 423 g/mol. The summed E-state index contributed by atoms with van der Waals surface area (Å²) in [6, 6.07) is 18.2. The molecule has 0 spiro atoms. The molecule has 1 aromatic heterocycles. The minimum atomic E-state index is 0.0586. The first kappa shape index (κ1) is 20.6. The van der Waals surface area contributed by atoms with Crippen LogP contribution in [0.1, 0.15) is 19.4 Å². The zero-order valence-electron chi connectivity index (χ0n) is 17.5. The van der Waals surface area contributed by atoms with E-state index in [1.165, 1.54) is 11.8 Å². The van der Waals surface area contributed by atoms with Crippen LogP contribution in [-0.4, -0.2) is 56.6 Å². The maximum atomic E-state index is 12.8. The smallest absolute Gasteiger partial charge is 0.233 e. The number of hydrogen-bond donors (Lipinski definition) is 0. The lowest BCUT2D eigenvalue weighted by molar-refractivity contribution is -0.140. The van der Waals surface area contributed by atoms with Gasteiger partial charge in [-0.2, -0.15) is 0 Å². The van der Waals surface area contributed by atoms with Crippen LogP contribution in [0.4, 0.5) is 0 Å². The van der Waals surface area contributed by atoms with Crippen LogP contribution in [0.25, 0.3) is 17.1 Å². The van der Waals surface area contributed by atoms with Crippen LogP contribution in [0.3, 0.4) is 0 Å². The van der Waals surface area contributed by atoms with Crippen molar-refractivity contribution in [2.75, 3.05) is 18.8 Å². The van der Waals surface area contributed by atoms with Gasteiger partial charge in [0.05, 0.1) is 18.0 Å². The van der Waals surface area contributed by atoms with E-state index < -0.39 is 0 Å². The normalized spacial score (nSPS) is 19.1. The number of morpholine rings is 1. The Morgan fingerprint density at radius 1 is 1.07 bits per heavy atom. The molecule has 1 amide bonds. The fourth-order valence-electron chi connectivity index (χ4n) is 3.74. The Morgan fingerprint density at radius 2 is 1.80 bits per heavy atom. The van der Waals surface area contributed by atoms with Gasteiger partial charge in [-0.1, -0.05) is 54.2 Å². The van der Waals surface area contributed by atoms with E-state index in [1.807, 2.05) is 65.8 Å². The summed E-state index contributed by atoms with van der Waals surface area (Å²) >= 11 is 1.42. The quantitative estimate of drug-likeness (QED) is 0.582.